The first-order valence-corrected chi connectivity index (χ1v) is 6.15. The molecule has 1 N–H and O–H groups in total. The van der Waals surface area contributed by atoms with Crippen LogP contribution in [0.15, 0.2) is 30.3 Å². The molecule has 17 heavy (non-hydrogen) atoms. The van der Waals surface area contributed by atoms with Crippen LogP contribution in [-0.4, -0.2) is 18.6 Å². The Hall–Kier alpha value is -1.35. The van der Waals surface area contributed by atoms with Crippen molar-refractivity contribution in [3.8, 4) is 0 Å². The van der Waals surface area contributed by atoms with Crippen molar-refractivity contribution < 1.29 is 9.53 Å². The fraction of sp³-hybridized carbons (Fsp3) is 0.500. The van der Waals surface area contributed by atoms with Gasteiger partial charge in [0.2, 0.25) is 0 Å². The van der Waals surface area contributed by atoms with Gasteiger partial charge in [-0.05, 0) is 18.9 Å². The van der Waals surface area contributed by atoms with Gasteiger partial charge in [0.15, 0.2) is 0 Å². The first-order chi connectivity index (χ1) is 8.16. The Balaban J connectivity index is 1.85. The lowest BCUT2D eigenvalue weighted by Crippen LogP contribution is -2.15. The minimum Gasteiger partial charge on any atom is -0.464 e. The van der Waals surface area contributed by atoms with E-state index in [4.69, 9.17) is 4.74 Å². The van der Waals surface area contributed by atoms with E-state index >= 15 is 0 Å². The van der Waals surface area contributed by atoms with Crippen molar-refractivity contribution in [1.29, 1.82) is 0 Å². The zero-order valence-corrected chi connectivity index (χ0v) is 10.4. The fourth-order valence-corrected chi connectivity index (χ4v) is 2.05. The molecule has 0 bridgehead atoms. The van der Waals surface area contributed by atoms with E-state index in [1.54, 1.807) is 0 Å². The number of nitrogens with one attached hydrogen (secondary N) is 1. The second-order valence-corrected chi connectivity index (χ2v) is 4.70. The molecule has 0 amide bonds. The molecule has 2 atom stereocenters. The number of ether oxygens (including phenoxy) is 1. The first kappa shape index (κ1) is 12.1. The van der Waals surface area contributed by atoms with Gasteiger partial charge in [0, 0.05) is 6.42 Å². The van der Waals surface area contributed by atoms with Crippen molar-refractivity contribution in [2.45, 2.75) is 38.3 Å². The Kier molecular flexibility index (Phi) is 3.48. The zero-order valence-electron chi connectivity index (χ0n) is 10.4. The summed E-state index contributed by atoms with van der Waals surface area (Å²) in [5.74, 6) is -0.100. The maximum absolute atomic E-state index is 11.3. The molecule has 0 aliphatic carbocycles. The molecule has 0 aromatic heterocycles. The number of carbonyl (C=O) groups is 1. The van der Waals surface area contributed by atoms with Crippen molar-refractivity contribution in [3.05, 3.63) is 35.9 Å². The van der Waals surface area contributed by atoms with Gasteiger partial charge in [0.1, 0.15) is 6.61 Å². The summed E-state index contributed by atoms with van der Waals surface area (Å²) in [4.78, 5) is 11.3. The van der Waals surface area contributed by atoms with Crippen LogP contribution in [0.5, 0.6) is 0 Å². The van der Waals surface area contributed by atoms with E-state index in [1.165, 1.54) is 5.56 Å². The molecule has 3 heteroatoms. The minimum atomic E-state index is -0.100. The molecule has 92 valence electrons. The van der Waals surface area contributed by atoms with Crippen LogP contribution in [0.2, 0.25) is 0 Å². The molecule has 3 nitrogen and oxygen atoms in total. The van der Waals surface area contributed by atoms with Crippen LogP contribution in [0, 0.1) is 0 Å². The lowest BCUT2D eigenvalue weighted by Gasteiger charge is -2.09. The summed E-state index contributed by atoms with van der Waals surface area (Å²) in [5, 5.41) is 3.38. The average molecular weight is 233 g/mol. The SMILES string of the molecule is CCCC(=O)OC[C@H]1N[C@]1(C)c1ccccc1. The molecule has 2 rings (SSSR count). The Morgan fingerprint density at radius 3 is 2.76 bits per heavy atom. The molecule has 1 fully saturated rings. The van der Waals surface area contributed by atoms with Gasteiger partial charge in [0.05, 0.1) is 11.6 Å². The highest BCUT2D eigenvalue weighted by molar-refractivity contribution is 5.69. The van der Waals surface area contributed by atoms with Crippen LogP contribution < -0.4 is 5.32 Å². The quantitative estimate of drug-likeness (QED) is 0.626. The Bertz CT molecular complexity index is 390. The van der Waals surface area contributed by atoms with Crippen LogP contribution in [0.1, 0.15) is 32.3 Å². The third-order valence-electron chi connectivity index (χ3n) is 3.33. The normalized spacial score (nSPS) is 26.6. The molecule has 0 saturated carbocycles. The summed E-state index contributed by atoms with van der Waals surface area (Å²) < 4.78 is 5.22. The molecular weight excluding hydrogens is 214 g/mol. The maximum Gasteiger partial charge on any atom is 0.305 e. The lowest BCUT2D eigenvalue weighted by molar-refractivity contribution is -0.143. The topological polar surface area (TPSA) is 48.2 Å². The zero-order chi connectivity index (χ0) is 12.3. The molecule has 1 saturated heterocycles. The number of esters is 1. The number of hydrogen-bond acceptors (Lipinski definition) is 3. The summed E-state index contributed by atoms with van der Waals surface area (Å²) in [6.45, 7) is 4.58. The van der Waals surface area contributed by atoms with Crippen LogP contribution in [0.3, 0.4) is 0 Å². The van der Waals surface area contributed by atoms with Crippen LogP contribution >= 0.6 is 0 Å². The molecule has 1 aromatic rings. The van der Waals surface area contributed by atoms with E-state index in [2.05, 4.69) is 24.4 Å². The van der Waals surface area contributed by atoms with Gasteiger partial charge in [-0.1, -0.05) is 37.3 Å². The van der Waals surface area contributed by atoms with E-state index < -0.39 is 0 Å². The maximum atomic E-state index is 11.3. The Morgan fingerprint density at radius 1 is 1.41 bits per heavy atom. The van der Waals surface area contributed by atoms with Gasteiger partial charge in [0.25, 0.3) is 0 Å². The van der Waals surface area contributed by atoms with Crippen molar-refractivity contribution >= 4 is 5.97 Å². The summed E-state index contributed by atoms with van der Waals surface area (Å²) in [6.07, 6.45) is 1.35. The summed E-state index contributed by atoms with van der Waals surface area (Å²) >= 11 is 0. The first-order valence-electron chi connectivity index (χ1n) is 6.15. The number of rotatable bonds is 5. The van der Waals surface area contributed by atoms with Gasteiger partial charge in [-0.25, -0.2) is 0 Å². The molecule has 1 aromatic carbocycles. The predicted molar refractivity (Wildman–Crippen MR) is 66.6 cm³/mol. The van der Waals surface area contributed by atoms with E-state index in [9.17, 15) is 4.79 Å². The van der Waals surface area contributed by atoms with Gasteiger partial charge in [-0.3, -0.25) is 10.1 Å². The molecule has 1 heterocycles. The van der Waals surface area contributed by atoms with Crippen molar-refractivity contribution in [2.75, 3.05) is 6.61 Å². The van der Waals surface area contributed by atoms with Crippen LogP contribution in [0.4, 0.5) is 0 Å². The van der Waals surface area contributed by atoms with Crippen molar-refractivity contribution in [3.63, 3.8) is 0 Å². The third-order valence-corrected chi connectivity index (χ3v) is 3.33. The van der Waals surface area contributed by atoms with Gasteiger partial charge >= 0.3 is 5.97 Å². The second kappa shape index (κ2) is 4.88. The highest BCUT2D eigenvalue weighted by Gasteiger charge is 2.51. The second-order valence-electron chi connectivity index (χ2n) is 4.70. The Morgan fingerprint density at radius 2 is 2.12 bits per heavy atom. The monoisotopic (exact) mass is 233 g/mol. The van der Waals surface area contributed by atoms with Gasteiger partial charge < -0.3 is 4.74 Å². The molecule has 1 aliphatic rings. The summed E-state index contributed by atoms with van der Waals surface area (Å²) in [6, 6.07) is 10.5. The van der Waals surface area contributed by atoms with E-state index in [1.807, 2.05) is 25.1 Å². The van der Waals surface area contributed by atoms with Crippen molar-refractivity contribution in [2.24, 2.45) is 0 Å². The Labute approximate surface area is 102 Å². The smallest absolute Gasteiger partial charge is 0.305 e. The lowest BCUT2D eigenvalue weighted by atomic mass is 9.97. The van der Waals surface area contributed by atoms with Crippen LogP contribution in [0.25, 0.3) is 0 Å². The summed E-state index contributed by atoms with van der Waals surface area (Å²) in [7, 11) is 0. The molecular formula is C14H19NO2. The predicted octanol–water partition coefficient (Wildman–Crippen LogP) is 2.22. The minimum absolute atomic E-state index is 0.0340. The standard InChI is InChI=1S/C14H19NO2/c1-3-7-13(16)17-10-12-14(2,15-12)11-8-5-4-6-9-11/h4-6,8-9,12,15H,3,7,10H2,1-2H3/t12-,14-/m1/s1. The fourth-order valence-electron chi connectivity index (χ4n) is 2.05. The van der Waals surface area contributed by atoms with Crippen LogP contribution in [-0.2, 0) is 15.1 Å². The average Bonchev–Trinajstić information content (AvgIpc) is 3.01. The molecule has 0 unspecified atom stereocenters. The number of hydrogen-bond donors (Lipinski definition) is 1. The van der Waals surface area contributed by atoms with Gasteiger partial charge in [-0.2, -0.15) is 0 Å². The van der Waals surface area contributed by atoms with Crippen molar-refractivity contribution in [1.82, 2.24) is 5.32 Å². The van der Waals surface area contributed by atoms with E-state index in [0.717, 1.165) is 6.42 Å². The highest BCUT2D eigenvalue weighted by Crippen LogP contribution is 2.37. The molecule has 1 aliphatic heterocycles. The van der Waals surface area contributed by atoms with E-state index in [0.29, 0.717) is 13.0 Å². The molecule has 0 radical (unpaired) electrons. The largest absolute Gasteiger partial charge is 0.464 e. The number of benzene rings is 1. The van der Waals surface area contributed by atoms with Gasteiger partial charge in [-0.15, -0.1) is 0 Å². The number of carbonyl (C=O) groups excluding carboxylic acids is 1. The summed E-state index contributed by atoms with van der Waals surface area (Å²) in [5.41, 5.74) is 1.21. The molecule has 0 spiro atoms. The van der Waals surface area contributed by atoms with E-state index in [-0.39, 0.29) is 17.6 Å². The third kappa shape index (κ3) is 2.67. The highest BCUT2D eigenvalue weighted by atomic mass is 16.5.